The Kier molecular flexibility index (Phi) is 40.5. The van der Waals surface area contributed by atoms with Crippen LogP contribution in [0.5, 0.6) is 0 Å². The predicted octanol–water partition coefficient (Wildman–Crippen LogP) is -1.20. The predicted molar refractivity (Wildman–Crippen MR) is 312 cm³/mol. The van der Waals surface area contributed by atoms with Gasteiger partial charge in [-0.3, -0.25) is 17.8 Å². The SMILES string of the molecule is C=CCC/C=C/C=C/C=C/CC/C=C/C(O)C(O)C1OC(C(O)C(O)C(=C)CCC(O)C2CC(O)C(O)C(C(O)C(O)/C=C(\C)CCC(O)CC(O)C(O)C(C)CC(O)C(O)CC(C)CC/C=C/CC(CO)OS(O)(O)O)O2)CC(O)C1O.[Na+]. The van der Waals surface area contributed by atoms with Crippen LogP contribution in [0.25, 0.3) is 0 Å². The molecule has 0 aromatic rings. The summed E-state index contributed by atoms with van der Waals surface area (Å²) in [5.74, 6) is -0.736. The van der Waals surface area contributed by atoms with Crippen molar-refractivity contribution in [3.05, 3.63) is 97.2 Å². The van der Waals surface area contributed by atoms with Crippen LogP contribution in [0.3, 0.4) is 0 Å². The van der Waals surface area contributed by atoms with Gasteiger partial charge in [0.15, 0.2) is 0 Å². The van der Waals surface area contributed by atoms with Gasteiger partial charge in [0.1, 0.15) is 67.1 Å². The molecular formula is C59H102NaO23S+. The molecule has 482 valence electrons. The van der Waals surface area contributed by atoms with Crippen molar-refractivity contribution < 1.29 is 144 Å². The Morgan fingerprint density at radius 1 is 0.619 bits per heavy atom. The van der Waals surface area contributed by atoms with Gasteiger partial charge in [0.2, 0.25) is 11.2 Å². The molecular weight excluding hydrogens is 1130 g/mol. The van der Waals surface area contributed by atoms with Crippen LogP contribution in [0, 0.1) is 11.8 Å². The van der Waals surface area contributed by atoms with Crippen LogP contribution in [0.4, 0.5) is 0 Å². The third-order valence-corrected chi connectivity index (χ3v) is 15.6. The number of aliphatic hydroxyl groups is 17. The van der Waals surface area contributed by atoms with Gasteiger partial charge in [0, 0.05) is 19.3 Å². The van der Waals surface area contributed by atoms with Gasteiger partial charge in [-0.25, -0.2) is 0 Å². The fourth-order valence-electron chi connectivity index (χ4n) is 9.86. The normalized spacial score (nSPS) is 27.8. The Hall–Kier alpha value is -1.65. The van der Waals surface area contributed by atoms with E-state index in [4.69, 9.17) is 23.1 Å². The van der Waals surface area contributed by atoms with E-state index in [1.807, 2.05) is 49.5 Å². The molecule has 0 spiro atoms. The molecule has 0 amide bonds. The second-order valence-electron chi connectivity index (χ2n) is 22.5. The van der Waals surface area contributed by atoms with Crippen molar-refractivity contribution >= 4 is 11.2 Å². The average molecular weight is 1230 g/mol. The molecule has 23 unspecified atom stereocenters. The van der Waals surface area contributed by atoms with Gasteiger partial charge in [-0.15, -0.1) is 6.58 Å². The van der Waals surface area contributed by atoms with Crippen molar-refractivity contribution in [3.63, 3.8) is 0 Å². The molecule has 0 bridgehead atoms. The third-order valence-electron chi connectivity index (χ3n) is 15.1. The van der Waals surface area contributed by atoms with Crippen molar-refractivity contribution in [2.24, 2.45) is 11.8 Å². The Morgan fingerprint density at radius 2 is 1.17 bits per heavy atom. The van der Waals surface area contributed by atoms with Crippen LogP contribution in [-0.4, -0.2) is 235 Å². The zero-order valence-electron chi connectivity index (χ0n) is 49.2. The van der Waals surface area contributed by atoms with Crippen molar-refractivity contribution in [1.82, 2.24) is 0 Å². The molecule has 2 saturated heterocycles. The number of ether oxygens (including phenoxy) is 2. The second-order valence-corrected chi connectivity index (χ2v) is 23.6. The zero-order chi connectivity index (χ0) is 62.6. The average Bonchev–Trinajstić information content (AvgIpc) is 3.47. The summed E-state index contributed by atoms with van der Waals surface area (Å²) in [4.78, 5) is 0. The molecule has 2 fully saturated rings. The maximum atomic E-state index is 11.2. The fourth-order valence-corrected chi connectivity index (χ4v) is 10.4. The van der Waals surface area contributed by atoms with E-state index in [-0.39, 0.29) is 105 Å². The third kappa shape index (κ3) is 30.2. The Bertz CT molecular complexity index is 1990. The van der Waals surface area contributed by atoms with Gasteiger partial charge in [0.05, 0.1) is 67.6 Å². The van der Waals surface area contributed by atoms with Gasteiger partial charge < -0.3 is 96.3 Å². The van der Waals surface area contributed by atoms with Crippen molar-refractivity contribution in [2.45, 2.75) is 252 Å². The summed E-state index contributed by atoms with van der Waals surface area (Å²) in [7, 11) is 0. The molecule has 0 saturated carbocycles. The molecule has 25 heteroatoms. The van der Waals surface area contributed by atoms with E-state index >= 15 is 0 Å². The summed E-state index contributed by atoms with van der Waals surface area (Å²) < 4.78 is 43.1. The molecule has 0 aromatic carbocycles. The van der Waals surface area contributed by atoms with E-state index < -0.39 is 152 Å². The van der Waals surface area contributed by atoms with E-state index in [0.717, 1.165) is 12.8 Å². The van der Waals surface area contributed by atoms with Gasteiger partial charge in [-0.2, -0.15) is 0 Å². The Balaban J connectivity index is 0.0000353. The van der Waals surface area contributed by atoms with Crippen LogP contribution >= 0.6 is 11.2 Å². The van der Waals surface area contributed by atoms with E-state index in [2.05, 4.69) is 17.3 Å². The quantitative estimate of drug-likeness (QED) is 0.0148. The van der Waals surface area contributed by atoms with Crippen LogP contribution in [0.2, 0.25) is 0 Å². The van der Waals surface area contributed by atoms with Crippen LogP contribution in [0.15, 0.2) is 97.2 Å². The number of hydrogen-bond acceptors (Lipinski definition) is 23. The van der Waals surface area contributed by atoms with Crippen molar-refractivity contribution in [3.8, 4) is 0 Å². The van der Waals surface area contributed by atoms with Crippen LogP contribution in [0.1, 0.15) is 124 Å². The number of unbranched alkanes of at least 4 members (excludes halogenated alkanes) is 2. The van der Waals surface area contributed by atoms with Gasteiger partial charge in [-0.05, 0) is 108 Å². The first-order chi connectivity index (χ1) is 39.0. The molecule has 0 aromatic heterocycles. The number of allylic oxidation sites excluding steroid dienone is 10. The molecule has 2 aliphatic heterocycles. The molecule has 20 N–H and O–H groups in total. The summed E-state index contributed by atoms with van der Waals surface area (Å²) in [6.07, 6.45) is -6.61. The molecule has 23 nitrogen and oxygen atoms in total. The van der Waals surface area contributed by atoms with Crippen molar-refractivity contribution in [2.75, 3.05) is 6.61 Å². The standard InChI is InChI=1S/C59H102O23S.Na/c1-6-7-8-9-10-11-12-13-14-15-16-20-23-42(63)53(72)58-56(75)48(69)33-50(81-58)57(76)52(71)37(4)25-27-41(62)49-32-47(68)55(74)59(80-49)54(73)45(66)29-36(3)24-26-39(61)31-46(67)51(70)38(5)30-44(65)43(64)28-35(2)21-18-17-19-22-40(34-60)82-83(77,78)79;/h6,9-14,17,19-20,23,29,35,38-79H,1,4,7-8,15-16,18,21-22,24-28,30-34H2,2-3,5H3;/q;+1/b10-9+,12-11+,14-13+,19-17+,23-20+,36-29+;. The molecule has 2 aliphatic rings. The molecule has 2 heterocycles. The van der Waals surface area contributed by atoms with Gasteiger partial charge >= 0.3 is 29.6 Å². The first-order valence-electron chi connectivity index (χ1n) is 28.8. The van der Waals surface area contributed by atoms with E-state index in [0.29, 0.717) is 31.3 Å². The molecule has 2 rings (SSSR count). The monoisotopic (exact) mass is 1230 g/mol. The fraction of sp³-hybridized carbons (Fsp3) is 0.729. The van der Waals surface area contributed by atoms with Gasteiger partial charge in [-0.1, -0.05) is 98.9 Å². The Morgan fingerprint density at radius 3 is 1.75 bits per heavy atom. The van der Waals surface area contributed by atoms with Crippen molar-refractivity contribution in [1.29, 1.82) is 0 Å². The minimum Gasteiger partial charge on any atom is -0.394 e. The first-order valence-corrected chi connectivity index (χ1v) is 30.2. The zero-order valence-corrected chi connectivity index (χ0v) is 52.0. The summed E-state index contributed by atoms with van der Waals surface area (Å²) >= 11 is -4.22. The topological polar surface area (TPSA) is 432 Å². The Labute approximate surface area is 519 Å². The molecule has 0 radical (unpaired) electrons. The molecule has 84 heavy (non-hydrogen) atoms. The van der Waals surface area contributed by atoms with Gasteiger partial charge in [0.25, 0.3) is 0 Å². The molecule has 23 atom stereocenters. The summed E-state index contributed by atoms with van der Waals surface area (Å²) in [5.41, 5.74) is 0.473. The van der Waals surface area contributed by atoms with E-state index in [9.17, 15) is 86.8 Å². The second kappa shape index (κ2) is 42.4. The summed E-state index contributed by atoms with van der Waals surface area (Å²) in [6.45, 7) is 12.0. The van der Waals surface area contributed by atoms with E-state index in [1.54, 1.807) is 32.1 Å². The first kappa shape index (κ1) is 80.4. The number of aliphatic hydroxyl groups excluding tert-OH is 17. The van der Waals surface area contributed by atoms with Crippen LogP contribution < -0.4 is 29.6 Å². The summed E-state index contributed by atoms with van der Waals surface area (Å²) in [6, 6.07) is 0. The molecule has 0 aliphatic carbocycles. The minimum atomic E-state index is -4.22. The maximum absolute atomic E-state index is 11.2. The van der Waals surface area contributed by atoms with E-state index in [1.165, 1.54) is 12.2 Å². The minimum absolute atomic E-state index is 0. The maximum Gasteiger partial charge on any atom is 1.00 e. The largest absolute Gasteiger partial charge is 1.00 e. The number of hydrogen-bond donors (Lipinski definition) is 20. The van der Waals surface area contributed by atoms with Crippen LogP contribution in [-0.2, 0) is 13.7 Å². The number of rotatable bonds is 41. The summed E-state index contributed by atoms with van der Waals surface area (Å²) in [5, 5.41) is 183. The smallest absolute Gasteiger partial charge is 0.394 e.